The summed E-state index contributed by atoms with van der Waals surface area (Å²) in [6, 6.07) is 5.43. The normalized spacial score (nSPS) is 27.2. The summed E-state index contributed by atoms with van der Waals surface area (Å²) in [5, 5.41) is 9.48. The highest BCUT2D eigenvalue weighted by Gasteiger charge is 2.33. The van der Waals surface area contributed by atoms with Crippen LogP contribution in [-0.4, -0.2) is 17.7 Å². The molecule has 1 aromatic carbocycles. The Morgan fingerprint density at radius 3 is 2.79 bits per heavy atom. The highest BCUT2D eigenvalue weighted by molar-refractivity contribution is 5.55. The predicted octanol–water partition coefficient (Wildman–Crippen LogP) is 3.48. The second kappa shape index (κ2) is 5.49. The van der Waals surface area contributed by atoms with Gasteiger partial charge in [-0.2, -0.15) is 0 Å². The maximum Gasteiger partial charge on any atom is 0.123 e. The number of halogens is 1. The van der Waals surface area contributed by atoms with Crippen LogP contribution in [0.25, 0.3) is 0 Å². The minimum atomic E-state index is -0.259. The van der Waals surface area contributed by atoms with E-state index in [4.69, 9.17) is 0 Å². The van der Waals surface area contributed by atoms with Crippen LogP contribution in [0.2, 0.25) is 0 Å². The SMILES string of the molecule is OCc1cc(F)ccc1N1CCC[C@H]2CCCC[C@H]21. The van der Waals surface area contributed by atoms with Gasteiger partial charge in [0.15, 0.2) is 0 Å². The van der Waals surface area contributed by atoms with Crippen LogP contribution < -0.4 is 4.90 Å². The molecule has 1 aliphatic heterocycles. The van der Waals surface area contributed by atoms with Crippen molar-refractivity contribution >= 4 is 5.69 Å². The van der Waals surface area contributed by atoms with Gasteiger partial charge < -0.3 is 10.0 Å². The Morgan fingerprint density at radius 2 is 1.95 bits per heavy atom. The summed E-state index contributed by atoms with van der Waals surface area (Å²) < 4.78 is 13.3. The molecule has 2 aliphatic rings. The number of piperidine rings is 1. The Hall–Kier alpha value is -1.09. The maximum atomic E-state index is 13.3. The largest absolute Gasteiger partial charge is 0.392 e. The molecule has 0 aromatic heterocycles. The molecule has 2 fully saturated rings. The first-order valence-electron chi connectivity index (χ1n) is 7.45. The lowest BCUT2D eigenvalue weighted by Crippen LogP contribution is -2.47. The molecule has 1 aromatic rings. The number of aliphatic hydroxyl groups is 1. The number of aliphatic hydroxyl groups excluding tert-OH is 1. The van der Waals surface area contributed by atoms with E-state index in [1.54, 1.807) is 0 Å². The van der Waals surface area contributed by atoms with Crippen molar-refractivity contribution in [2.45, 2.75) is 51.2 Å². The second-order valence-electron chi connectivity index (χ2n) is 5.88. The van der Waals surface area contributed by atoms with Gasteiger partial charge in [-0.1, -0.05) is 12.8 Å². The molecule has 1 saturated carbocycles. The number of rotatable bonds is 2. The van der Waals surface area contributed by atoms with Crippen molar-refractivity contribution in [3.63, 3.8) is 0 Å². The summed E-state index contributed by atoms with van der Waals surface area (Å²) in [5.41, 5.74) is 1.77. The maximum absolute atomic E-state index is 13.3. The molecule has 0 unspecified atom stereocenters. The lowest BCUT2D eigenvalue weighted by atomic mass is 9.78. The van der Waals surface area contributed by atoms with Gasteiger partial charge >= 0.3 is 0 Å². The first kappa shape index (κ1) is 12.9. The van der Waals surface area contributed by atoms with E-state index in [1.165, 1.54) is 50.7 Å². The Bertz CT molecular complexity index is 446. The van der Waals surface area contributed by atoms with E-state index in [0.29, 0.717) is 6.04 Å². The molecule has 3 rings (SSSR count). The van der Waals surface area contributed by atoms with Gasteiger partial charge in [-0.3, -0.25) is 0 Å². The van der Waals surface area contributed by atoms with Gasteiger partial charge in [0.05, 0.1) is 6.61 Å². The number of hydrogen-bond acceptors (Lipinski definition) is 2. The second-order valence-corrected chi connectivity index (χ2v) is 5.88. The summed E-state index contributed by atoms with van der Waals surface area (Å²) in [6.07, 6.45) is 7.77. The van der Waals surface area contributed by atoms with E-state index in [0.717, 1.165) is 23.7 Å². The van der Waals surface area contributed by atoms with Gasteiger partial charge in [0, 0.05) is 23.8 Å². The molecule has 3 heteroatoms. The third-order valence-electron chi connectivity index (χ3n) is 4.76. The summed E-state index contributed by atoms with van der Waals surface area (Å²) >= 11 is 0. The third-order valence-corrected chi connectivity index (χ3v) is 4.76. The van der Waals surface area contributed by atoms with E-state index in [9.17, 15) is 9.50 Å². The Labute approximate surface area is 114 Å². The first-order valence-corrected chi connectivity index (χ1v) is 7.45. The van der Waals surface area contributed by atoms with Gasteiger partial charge in [-0.25, -0.2) is 4.39 Å². The fraction of sp³-hybridized carbons (Fsp3) is 0.625. The van der Waals surface area contributed by atoms with Gasteiger partial charge in [-0.05, 0) is 49.8 Å². The molecule has 2 nitrogen and oxygen atoms in total. The number of nitrogens with zero attached hydrogens (tertiary/aromatic N) is 1. The monoisotopic (exact) mass is 263 g/mol. The van der Waals surface area contributed by atoms with Gasteiger partial charge in [0.2, 0.25) is 0 Å². The Kier molecular flexibility index (Phi) is 3.74. The minimum absolute atomic E-state index is 0.0824. The van der Waals surface area contributed by atoms with Crippen molar-refractivity contribution in [1.29, 1.82) is 0 Å². The minimum Gasteiger partial charge on any atom is -0.392 e. The van der Waals surface area contributed by atoms with Crippen molar-refractivity contribution in [2.24, 2.45) is 5.92 Å². The Morgan fingerprint density at radius 1 is 1.16 bits per heavy atom. The van der Waals surface area contributed by atoms with Crippen LogP contribution in [0.5, 0.6) is 0 Å². The lowest BCUT2D eigenvalue weighted by Gasteiger charge is -2.46. The summed E-state index contributed by atoms with van der Waals surface area (Å²) in [7, 11) is 0. The zero-order valence-corrected chi connectivity index (χ0v) is 11.3. The third kappa shape index (κ3) is 2.48. The van der Waals surface area contributed by atoms with E-state index in [1.807, 2.05) is 6.07 Å². The van der Waals surface area contributed by atoms with Crippen molar-refractivity contribution in [3.8, 4) is 0 Å². The van der Waals surface area contributed by atoms with Crippen LogP contribution in [0.3, 0.4) is 0 Å². The predicted molar refractivity (Wildman–Crippen MR) is 74.6 cm³/mol. The summed E-state index contributed by atoms with van der Waals surface area (Å²) in [6.45, 7) is 0.959. The molecule has 1 aliphatic carbocycles. The fourth-order valence-corrected chi connectivity index (χ4v) is 3.88. The average Bonchev–Trinajstić information content (AvgIpc) is 2.46. The molecule has 1 saturated heterocycles. The van der Waals surface area contributed by atoms with Crippen molar-refractivity contribution in [2.75, 3.05) is 11.4 Å². The number of benzene rings is 1. The van der Waals surface area contributed by atoms with Gasteiger partial charge in [0.25, 0.3) is 0 Å². The average molecular weight is 263 g/mol. The first-order chi connectivity index (χ1) is 9.29. The van der Waals surface area contributed by atoms with Crippen LogP contribution >= 0.6 is 0 Å². The molecule has 1 heterocycles. The van der Waals surface area contributed by atoms with Crippen molar-refractivity contribution < 1.29 is 9.50 Å². The van der Waals surface area contributed by atoms with Gasteiger partial charge in [0.1, 0.15) is 5.82 Å². The fourth-order valence-electron chi connectivity index (χ4n) is 3.88. The van der Waals surface area contributed by atoms with Crippen LogP contribution in [0.1, 0.15) is 44.1 Å². The van der Waals surface area contributed by atoms with E-state index in [-0.39, 0.29) is 12.4 Å². The number of fused-ring (bicyclic) bond motifs is 1. The molecule has 0 radical (unpaired) electrons. The zero-order valence-electron chi connectivity index (χ0n) is 11.3. The van der Waals surface area contributed by atoms with Gasteiger partial charge in [-0.15, -0.1) is 0 Å². The molecular formula is C16H22FNO. The van der Waals surface area contributed by atoms with E-state index >= 15 is 0 Å². The number of anilines is 1. The molecule has 0 bridgehead atoms. The molecular weight excluding hydrogens is 241 g/mol. The lowest BCUT2D eigenvalue weighted by molar-refractivity contribution is 0.241. The van der Waals surface area contributed by atoms with Crippen LogP contribution in [-0.2, 0) is 6.61 Å². The van der Waals surface area contributed by atoms with Crippen LogP contribution in [0, 0.1) is 11.7 Å². The molecule has 1 N–H and O–H groups in total. The molecule has 0 spiro atoms. The molecule has 104 valence electrons. The molecule has 19 heavy (non-hydrogen) atoms. The molecule has 0 amide bonds. The van der Waals surface area contributed by atoms with E-state index < -0.39 is 0 Å². The smallest absolute Gasteiger partial charge is 0.123 e. The van der Waals surface area contributed by atoms with E-state index in [2.05, 4.69) is 4.90 Å². The van der Waals surface area contributed by atoms with Crippen molar-refractivity contribution in [3.05, 3.63) is 29.6 Å². The highest BCUT2D eigenvalue weighted by atomic mass is 19.1. The Balaban J connectivity index is 1.91. The highest BCUT2D eigenvalue weighted by Crippen LogP contribution is 2.38. The standard InChI is InChI=1S/C16H22FNO/c17-14-7-8-16(13(10-14)11-19)18-9-3-5-12-4-1-2-6-15(12)18/h7-8,10,12,15,19H,1-6,9,11H2/t12-,15-/m1/s1. The number of hydrogen-bond donors (Lipinski definition) is 1. The molecule has 2 atom stereocenters. The van der Waals surface area contributed by atoms with Crippen LogP contribution in [0.15, 0.2) is 18.2 Å². The summed E-state index contributed by atoms with van der Waals surface area (Å²) in [4.78, 5) is 2.43. The summed E-state index contributed by atoms with van der Waals surface area (Å²) in [5.74, 6) is 0.532. The quantitative estimate of drug-likeness (QED) is 0.883. The van der Waals surface area contributed by atoms with Crippen molar-refractivity contribution in [1.82, 2.24) is 0 Å². The van der Waals surface area contributed by atoms with Crippen LogP contribution in [0.4, 0.5) is 10.1 Å². The zero-order chi connectivity index (χ0) is 13.2. The topological polar surface area (TPSA) is 23.5 Å².